The fraction of sp³-hybridized carbons (Fsp3) is 0.417. The van der Waals surface area contributed by atoms with Gasteiger partial charge in [-0.2, -0.15) is 0 Å². The normalized spacial score (nSPS) is 21.1. The van der Waals surface area contributed by atoms with Gasteiger partial charge < -0.3 is 19.3 Å². The Bertz CT molecular complexity index is 973. The average Bonchev–Trinajstić information content (AvgIpc) is 3.36. The highest BCUT2D eigenvalue weighted by Crippen LogP contribution is 2.38. The first-order chi connectivity index (χ1) is 14.7. The van der Waals surface area contributed by atoms with E-state index in [-0.39, 0.29) is 17.9 Å². The van der Waals surface area contributed by atoms with Gasteiger partial charge in [-0.05, 0) is 55.2 Å². The Labute approximate surface area is 176 Å². The van der Waals surface area contributed by atoms with Crippen LogP contribution in [-0.4, -0.2) is 43.0 Å². The summed E-state index contributed by atoms with van der Waals surface area (Å²) in [4.78, 5) is 29.2. The van der Waals surface area contributed by atoms with Crippen LogP contribution >= 0.6 is 0 Å². The van der Waals surface area contributed by atoms with E-state index in [1.807, 2.05) is 47.4 Å². The Morgan fingerprint density at radius 3 is 2.63 bits per heavy atom. The van der Waals surface area contributed by atoms with Gasteiger partial charge in [0, 0.05) is 37.2 Å². The molecule has 2 aromatic rings. The number of fused-ring (bicyclic) bond motifs is 1. The summed E-state index contributed by atoms with van der Waals surface area (Å²) in [6, 6.07) is 13.5. The molecule has 3 aliphatic rings. The smallest absolute Gasteiger partial charge is 0.254 e. The van der Waals surface area contributed by atoms with E-state index in [0.29, 0.717) is 25.2 Å². The fourth-order valence-corrected chi connectivity index (χ4v) is 4.64. The quantitative estimate of drug-likeness (QED) is 0.774. The highest BCUT2D eigenvalue weighted by Gasteiger charge is 2.32. The first-order valence-electron chi connectivity index (χ1n) is 10.8. The third-order valence-corrected chi connectivity index (χ3v) is 6.15. The first kappa shape index (κ1) is 19.0. The first-order valence-corrected chi connectivity index (χ1v) is 10.8. The molecule has 3 heterocycles. The largest absolute Gasteiger partial charge is 0.490 e. The zero-order valence-electron chi connectivity index (χ0n) is 17.0. The second-order valence-corrected chi connectivity index (χ2v) is 8.11. The second kappa shape index (κ2) is 8.01. The van der Waals surface area contributed by atoms with Gasteiger partial charge in [0.25, 0.3) is 5.91 Å². The van der Waals surface area contributed by atoms with E-state index in [0.717, 1.165) is 61.5 Å². The number of ether oxygens (including phenoxy) is 2. The van der Waals surface area contributed by atoms with Crippen molar-refractivity contribution in [2.75, 3.05) is 31.2 Å². The minimum atomic E-state index is 0.0121. The molecule has 3 aliphatic heterocycles. The standard InChI is InChI=1S/C24H26N2O4/c27-23-8-3-11-25(23)19-6-1-5-18(15-19)24(28)26-12-2-7-20(26)17-9-10-21-22(16-17)30-14-4-13-29-21/h1,5-6,9-10,15-16,20H,2-4,7-8,11-14H2/t20-/m0/s1. The minimum absolute atomic E-state index is 0.0121. The van der Waals surface area contributed by atoms with Crippen molar-refractivity contribution in [1.82, 2.24) is 4.90 Å². The Hall–Kier alpha value is -3.02. The van der Waals surface area contributed by atoms with Crippen molar-refractivity contribution >= 4 is 17.5 Å². The molecule has 0 bridgehead atoms. The summed E-state index contributed by atoms with van der Waals surface area (Å²) < 4.78 is 11.6. The van der Waals surface area contributed by atoms with E-state index < -0.39 is 0 Å². The van der Waals surface area contributed by atoms with Crippen LogP contribution in [0.15, 0.2) is 42.5 Å². The average molecular weight is 406 g/mol. The second-order valence-electron chi connectivity index (χ2n) is 8.11. The van der Waals surface area contributed by atoms with Crippen LogP contribution in [0.5, 0.6) is 11.5 Å². The molecule has 2 fully saturated rings. The summed E-state index contributed by atoms with van der Waals surface area (Å²) in [6.45, 7) is 2.76. The van der Waals surface area contributed by atoms with Gasteiger partial charge in [0.15, 0.2) is 11.5 Å². The van der Waals surface area contributed by atoms with Gasteiger partial charge in [0.1, 0.15) is 0 Å². The van der Waals surface area contributed by atoms with E-state index in [4.69, 9.17) is 9.47 Å². The van der Waals surface area contributed by atoms with E-state index in [2.05, 4.69) is 0 Å². The van der Waals surface area contributed by atoms with Gasteiger partial charge >= 0.3 is 0 Å². The zero-order chi connectivity index (χ0) is 20.5. The van der Waals surface area contributed by atoms with Crippen LogP contribution in [0.4, 0.5) is 5.69 Å². The van der Waals surface area contributed by atoms with Gasteiger partial charge in [-0.3, -0.25) is 9.59 Å². The molecule has 0 aromatic heterocycles. The summed E-state index contributed by atoms with van der Waals surface area (Å²) in [5.74, 6) is 1.68. The number of nitrogens with zero attached hydrogens (tertiary/aromatic N) is 2. The number of likely N-dealkylation sites (tertiary alicyclic amines) is 1. The predicted molar refractivity (Wildman–Crippen MR) is 113 cm³/mol. The molecule has 30 heavy (non-hydrogen) atoms. The summed E-state index contributed by atoms with van der Waals surface area (Å²) in [5, 5.41) is 0. The molecule has 2 aromatic carbocycles. The summed E-state index contributed by atoms with van der Waals surface area (Å²) in [6.07, 6.45) is 4.21. The van der Waals surface area contributed by atoms with Crippen molar-refractivity contribution in [3.05, 3.63) is 53.6 Å². The Kier molecular flexibility index (Phi) is 5.07. The zero-order valence-corrected chi connectivity index (χ0v) is 17.0. The number of rotatable bonds is 3. The molecule has 0 N–H and O–H groups in total. The maximum Gasteiger partial charge on any atom is 0.254 e. The summed E-state index contributed by atoms with van der Waals surface area (Å²) in [7, 11) is 0. The van der Waals surface area contributed by atoms with E-state index in [1.165, 1.54) is 0 Å². The molecular weight excluding hydrogens is 380 g/mol. The molecule has 0 unspecified atom stereocenters. The molecule has 0 saturated carbocycles. The Morgan fingerprint density at radius 2 is 1.80 bits per heavy atom. The van der Waals surface area contributed by atoms with Crippen molar-refractivity contribution in [2.24, 2.45) is 0 Å². The highest BCUT2D eigenvalue weighted by atomic mass is 16.5. The Morgan fingerprint density at radius 1 is 0.933 bits per heavy atom. The third kappa shape index (κ3) is 3.51. The lowest BCUT2D eigenvalue weighted by molar-refractivity contribution is -0.117. The Balaban J connectivity index is 1.39. The van der Waals surface area contributed by atoms with Crippen LogP contribution in [0.3, 0.4) is 0 Å². The van der Waals surface area contributed by atoms with Crippen LogP contribution in [0, 0.1) is 0 Å². The molecule has 2 amide bonds. The van der Waals surface area contributed by atoms with Crippen molar-refractivity contribution in [1.29, 1.82) is 0 Å². The van der Waals surface area contributed by atoms with Crippen molar-refractivity contribution < 1.29 is 19.1 Å². The van der Waals surface area contributed by atoms with Crippen LogP contribution < -0.4 is 14.4 Å². The summed E-state index contributed by atoms with van der Waals surface area (Å²) >= 11 is 0. The maximum atomic E-state index is 13.4. The molecule has 6 heteroatoms. The summed E-state index contributed by atoms with van der Waals surface area (Å²) in [5.41, 5.74) is 2.53. The molecule has 2 saturated heterocycles. The number of hydrogen-bond acceptors (Lipinski definition) is 4. The van der Waals surface area contributed by atoms with Crippen LogP contribution in [0.25, 0.3) is 0 Å². The topological polar surface area (TPSA) is 59.1 Å². The molecule has 6 nitrogen and oxygen atoms in total. The molecular formula is C24H26N2O4. The number of hydrogen-bond donors (Lipinski definition) is 0. The van der Waals surface area contributed by atoms with Crippen LogP contribution in [0.2, 0.25) is 0 Å². The van der Waals surface area contributed by atoms with Gasteiger partial charge in [-0.15, -0.1) is 0 Å². The lowest BCUT2D eigenvalue weighted by Gasteiger charge is -2.26. The number of carbonyl (C=O) groups is 2. The van der Waals surface area contributed by atoms with Crippen molar-refractivity contribution in [3.8, 4) is 11.5 Å². The van der Waals surface area contributed by atoms with Gasteiger partial charge in [-0.25, -0.2) is 0 Å². The number of amides is 2. The van der Waals surface area contributed by atoms with Crippen molar-refractivity contribution in [3.63, 3.8) is 0 Å². The number of anilines is 1. The molecule has 0 radical (unpaired) electrons. The minimum Gasteiger partial charge on any atom is -0.490 e. The van der Waals surface area contributed by atoms with Crippen LogP contribution in [-0.2, 0) is 4.79 Å². The molecule has 0 aliphatic carbocycles. The maximum absolute atomic E-state index is 13.4. The van der Waals surface area contributed by atoms with E-state index in [9.17, 15) is 9.59 Å². The number of benzene rings is 2. The lowest BCUT2D eigenvalue weighted by atomic mass is 10.0. The number of carbonyl (C=O) groups excluding carboxylic acids is 2. The van der Waals surface area contributed by atoms with Crippen molar-refractivity contribution in [2.45, 2.75) is 38.1 Å². The lowest BCUT2D eigenvalue weighted by Crippen LogP contribution is -2.31. The molecule has 156 valence electrons. The molecule has 1 atom stereocenters. The SMILES string of the molecule is O=C1CCCN1c1cccc(C(=O)N2CCC[C@H]2c2ccc3c(c2)OCCCO3)c1. The predicted octanol–water partition coefficient (Wildman–Crippen LogP) is 3.95. The third-order valence-electron chi connectivity index (χ3n) is 6.15. The molecule has 0 spiro atoms. The van der Waals surface area contributed by atoms with E-state index in [1.54, 1.807) is 4.90 Å². The van der Waals surface area contributed by atoms with E-state index >= 15 is 0 Å². The van der Waals surface area contributed by atoms with Crippen LogP contribution in [0.1, 0.15) is 54.1 Å². The molecule has 5 rings (SSSR count). The highest BCUT2D eigenvalue weighted by molar-refractivity contribution is 5.99. The van der Waals surface area contributed by atoms with Gasteiger partial charge in [0.05, 0.1) is 19.3 Å². The fourth-order valence-electron chi connectivity index (χ4n) is 4.64. The van der Waals surface area contributed by atoms with Gasteiger partial charge in [0.2, 0.25) is 5.91 Å². The monoisotopic (exact) mass is 406 g/mol. The van der Waals surface area contributed by atoms with Gasteiger partial charge in [-0.1, -0.05) is 12.1 Å².